The van der Waals surface area contributed by atoms with Gasteiger partial charge in [0.15, 0.2) is 0 Å². The maximum atomic E-state index is 12.4. The summed E-state index contributed by atoms with van der Waals surface area (Å²) in [5.41, 5.74) is 2.16. The maximum absolute atomic E-state index is 12.4. The Hall–Kier alpha value is -1.76. The zero-order valence-electron chi connectivity index (χ0n) is 16.3. The summed E-state index contributed by atoms with van der Waals surface area (Å²) >= 11 is 12.0. The first-order valence-electron chi connectivity index (χ1n) is 8.67. The fourth-order valence-corrected chi connectivity index (χ4v) is 3.90. The van der Waals surface area contributed by atoms with E-state index in [1.54, 1.807) is 30.3 Å². The molecule has 2 aromatic carbocycles. The quantitative estimate of drug-likeness (QED) is 0.721. The van der Waals surface area contributed by atoms with Crippen molar-refractivity contribution >= 4 is 44.8 Å². The number of nitrogens with zero attached hydrogens (tertiary/aromatic N) is 1. The summed E-state index contributed by atoms with van der Waals surface area (Å²) < 4.78 is 25.5. The topological polar surface area (TPSA) is 66.5 Å². The van der Waals surface area contributed by atoms with Gasteiger partial charge in [-0.2, -0.15) is 0 Å². The average Bonchev–Trinajstić information content (AvgIpc) is 2.57. The molecule has 0 heterocycles. The lowest BCUT2D eigenvalue weighted by atomic mass is 9.87. The van der Waals surface area contributed by atoms with E-state index in [0.717, 1.165) is 16.1 Å². The lowest BCUT2D eigenvalue weighted by molar-refractivity contribution is -0.119. The summed E-state index contributed by atoms with van der Waals surface area (Å²) in [7, 11) is -3.63. The largest absolute Gasteiger partial charge is 0.350 e. The fraction of sp³-hybridized carbons (Fsp3) is 0.350. The third-order valence-corrected chi connectivity index (χ3v) is 5.93. The number of rotatable bonds is 6. The number of carbonyl (C=O) groups excluding carboxylic acids is 1. The van der Waals surface area contributed by atoms with Gasteiger partial charge in [0.1, 0.15) is 6.54 Å². The highest BCUT2D eigenvalue weighted by Gasteiger charge is 2.22. The number of benzene rings is 2. The smallest absolute Gasteiger partial charge is 0.241 e. The second-order valence-electron chi connectivity index (χ2n) is 7.58. The molecule has 2 rings (SSSR count). The highest BCUT2D eigenvalue weighted by atomic mass is 35.5. The first-order valence-corrected chi connectivity index (χ1v) is 11.3. The first kappa shape index (κ1) is 22.5. The Kier molecular flexibility index (Phi) is 7.02. The van der Waals surface area contributed by atoms with Gasteiger partial charge >= 0.3 is 0 Å². The van der Waals surface area contributed by atoms with Crippen LogP contribution in [0.2, 0.25) is 10.0 Å². The van der Waals surface area contributed by atoms with E-state index in [-0.39, 0.29) is 18.5 Å². The Labute approximate surface area is 176 Å². The van der Waals surface area contributed by atoms with E-state index < -0.39 is 15.9 Å². The van der Waals surface area contributed by atoms with E-state index in [0.29, 0.717) is 21.3 Å². The molecule has 8 heteroatoms. The second-order valence-corrected chi connectivity index (χ2v) is 10.3. The number of hydrogen-bond donors (Lipinski definition) is 1. The molecule has 28 heavy (non-hydrogen) atoms. The van der Waals surface area contributed by atoms with Crippen molar-refractivity contribution in [2.24, 2.45) is 0 Å². The normalized spacial score (nSPS) is 11.9. The minimum atomic E-state index is -3.63. The van der Waals surface area contributed by atoms with Crippen molar-refractivity contribution in [2.45, 2.75) is 32.7 Å². The molecule has 2 aromatic rings. The van der Waals surface area contributed by atoms with Gasteiger partial charge < -0.3 is 5.32 Å². The number of sulfonamides is 1. The molecule has 1 N–H and O–H groups in total. The Morgan fingerprint density at radius 1 is 1.07 bits per heavy atom. The van der Waals surface area contributed by atoms with Crippen molar-refractivity contribution in [1.29, 1.82) is 0 Å². The van der Waals surface area contributed by atoms with Crippen molar-refractivity contribution in [3.63, 3.8) is 0 Å². The summed E-state index contributed by atoms with van der Waals surface area (Å²) in [4.78, 5) is 12.4. The van der Waals surface area contributed by atoms with E-state index >= 15 is 0 Å². The molecule has 0 unspecified atom stereocenters. The lowest BCUT2D eigenvalue weighted by Crippen LogP contribution is -2.40. The average molecular weight is 443 g/mol. The van der Waals surface area contributed by atoms with Gasteiger partial charge in [0, 0.05) is 16.6 Å². The van der Waals surface area contributed by atoms with Gasteiger partial charge in [0.2, 0.25) is 15.9 Å². The summed E-state index contributed by atoms with van der Waals surface area (Å²) in [5.74, 6) is -0.434. The number of nitrogens with one attached hydrogen (secondary N) is 1. The highest BCUT2D eigenvalue weighted by Crippen LogP contribution is 2.26. The fourth-order valence-electron chi connectivity index (χ4n) is 2.57. The van der Waals surface area contributed by atoms with Gasteiger partial charge in [0.25, 0.3) is 0 Å². The summed E-state index contributed by atoms with van der Waals surface area (Å²) in [6, 6.07) is 12.1. The van der Waals surface area contributed by atoms with Crippen molar-refractivity contribution in [3.05, 3.63) is 63.6 Å². The van der Waals surface area contributed by atoms with E-state index in [9.17, 15) is 13.2 Å². The van der Waals surface area contributed by atoms with E-state index in [1.807, 2.05) is 12.1 Å². The van der Waals surface area contributed by atoms with Gasteiger partial charge in [-0.1, -0.05) is 62.2 Å². The molecule has 0 aliphatic rings. The van der Waals surface area contributed by atoms with Crippen LogP contribution in [-0.2, 0) is 26.8 Å². The van der Waals surface area contributed by atoms with Crippen LogP contribution >= 0.6 is 23.2 Å². The van der Waals surface area contributed by atoms with Crippen molar-refractivity contribution in [2.75, 3.05) is 17.1 Å². The third-order valence-electron chi connectivity index (χ3n) is 4.20. The monoisotopic (exact) mass is 442 g/mol. The minimum Gasteiger partial charge on any atom is -0.350 e. The van der Waals surface area contributed by atoms with Crippen LogP contribution in [0.1, 0.15) is 31.9 Å². The van der Waals surface area contributed by atoms with Crippen LogP contribution in [0, 0.1) is 0 Å². The molecule has 152 valence electrons. The van der Waals surface area contributed by atoms with Crippen LogP contribution < -0.4 is 9.62 Å². The zero-order chi connectivity index (χ0) is 21.1. The number of carbonyl (C=O) groups is 1. The molecule has 0 bridgehead atoms. The SMILES string of the molecule is CC(C)(C)c1ccc(N(CC(=O)NCc2ccc(Cl)cc2Cl)S(C)(=O)=O)cc1. The second kappa shape index (κ2) is 8.72. The van der Waals surface area contributed by atoms with Crippen LogP contribution in [0.15, 0.2) is 42.5 Å². The Morgan fingerprint density at radius 3 is 2.18 bits per heavy atom. The molecule has 0 aliphatic heterocycles. The molecule has 0 aromatic heterocycles. The molecule has 0 spiro atoms. The number of hydrogen-bond acceptors (Lipinski definition) is 3. The molecular weight excluding hydrogens is 419 g/mol. The molecule has 0 fully saturated rings. The summed E-state index contributed by atoms with van der Waals surface area (Å²) in [5, 5.41) is 3.63. The van der Waals surface area contributed by atoms with Crippen molar-refractivity contribution in [1.82, 2.24) is 5.32 Å². The van der Waals surface area contributed by atoms with Gasteiger partial charge in [-0.3, -0.25) is 9.10 Å². The third kappa shape index (κ3) is 6.12. The van der Waals surface area contributed by atoms with Gasteiger partial charge in [-0.05, 0) is 40.8 Å². The standard InChI is InChI=1S/C20H24Cl2N2O3S/c1-20(2,3)15-6-9-17(10-7-15)24(28(4,26)27)13-19(25)23-12-14-5-8-16(21)11-18(14)22/h5-11H,12-13H2,1-4H3,(H,23,25). The first-order chi connectivity index (χ1) is 12.9. The number of amides is 1. The predicted octanol–water partition coefficient (Wildman–Crippen LogP) is 4.37. The van der Waals surface area contributed by atoms with Gasteiger partial charge in [0.05, 0.1) is 11.9 Å². The molecule has 0 saturated carbocycles. The summed E-state index contributed by atoms with van der Waals surface area (Å²) in [6.45, 7) is 6.08. The van der Waals surface area contributed by atoms with Crippen LogP contribution in [0.4, 0.5) is 5.69 Å². The van der Waals surface area contributed by atoms with Crippen LogP contribution in [0.25, 0.3) is 0 Å². The van der Waals surface area contributed by atoms with Crippen molar-refractivity contribution in [3.8, 4) is 0 Å². The molecule has 1 amide bonds. The lowest BCUT2D eigenvalue weighted by Gasteiger charge is -2.24. The van der Waals surface area contributed by atoms with Crippen LogP contribution in [-0.4, -0.2) is 27.1 Å². The van der Waals surface area contributed by atoms with Crippen LogP contribution in [0.3, 0.4) is 0 Å². The summed E-state index contributed by atoms with van der Waals surface area (Å²) in [6.07, 6.45) is 1.08. The molecule has 0 atom stereocenters. The van der Waals surface area contributed by atoms with E-state index in [4.69, 9.17) is 23.2 Å². The predicted molar refractivity (Wildman–Crippen MR) is 116 cm³/mol. The Balaban J connectivity index is 2.13. The molecular formula is C20H24Cl2N2O3S. The van der Waals surface area contributed by atoms with Crippen LogP contribution in [0.5, 0.6) is 0 Å². The van der Waals surface area contributed by atoms with E-state index in [1.165, 1.54) is 0 Å². The molecule has 0 radical (unpaired) electrons. The van der Waals surface area contributed by atoms with Gasteiger partial charge in [-0.15, -0.1) is 0 Å². The Morgan fingerprint density at radius 2 is 1.68 bits per heavy atom. The highest BCUT2D eigenvalue weighted by molar-refractivity contribution is 7.92. The number of halogens is 2. The molecule has 0 saturated heterocycles. The Bertz CT molecular complexity index is 952. The van der Waals surface area contributed by atoms with Gasteiger partial charge in [-0.25, -0.2) is 8.42 Å². The number of anilines is 1. The van der Waals surface area contributed by atoms with E-state index in [2.05, 4.69) is 26.1 Å². The minimum absolute atomic E-state index is 0.0519. The molecule has 5 nitrogen and oxygen atoms in total. The van der Waals surface area contributed by atoms with Crippen molar-refractivity contribution < 1.29 is 13.2 Å². The maximum Gasteiger partial charge on any atom is 0.241 e. The molecule has 0 aliphatic carbocycles. The zero-order valence-corrected chi connectivity index (χ0v) is 18.6.